The Morgan fingerprint density at radius 3 is 2.22 bits per heavy atom. The predicted octanol–water partition coefficient (Wildman–Crippen LogP) is 7.41. The molecule has 0 aromatic heterocycles. The van der Waals surface area contributed by atoms with Gasteiger partial charge in [-0.2, -0.15) is 13.5 Å². The minimum Gasteiger partial charge on any atom is -0.490 e. The first-order chi connectivity index (χ1) is 23.1. The topological polar surface area (TPSA) is 114 Å². The number of halogens is 3. The van der Waals surface area contributed by atoms with Gasteiger partial charge in [0, 0.05) is 28.2 Å². The summed E-state index contributed by atoms with van der Waals surface area (Å²) >= 11 is 3.22. The third-order valence-electron chi connectivity index (χ3n) is 9.50. The highest BCUT2D eigenvalue weighted by Gasteiger charge is 2.54. The van der Waals surface area contributed by atoms with Crippen molar-refractivity contribution in [2.45, 2.75) is 119 Å². The highest BCUT2D eigenvalue weighted by atomic mass is 79.9. The summed E-state index contributed by atoms with van der Waals surface area (Å²) in [6, 6.07) is 11.4. The monoisotopic (exact) mass is 761 g/mol. The number of hydrogen-bond donors (Lipinski definition) is 2. The van der Waals surface area contributed by atoms with Gasteiger partial charge in [0.15, 0.2) is 6.04 Å². The number of amides is 2. The molecule has 2 heterocycles. The molecule has 0 radical (unpaired) electrons. The lowest BCUT2D eigenvalue weighted by Crippen LogP contribution is -2.61. The average molecular weight is 763 g/mol. The van der Waals surface area contributed by atoms with Crippen LogP contribution in [-0.2, 0) is 25.5 Å². The fourth-order valence-electron chi connectivity index (χ4n) is 7.28. The van der Waals surface area contributed by atoms with Gasteiger partial charge < -0.3 is 19.7 Å². The van der Waals surface area contributed by atoms with Gasteiger partial charge in [0.1, 0.15) is 11.4 Å². The molecule has 6 rings (SSSR count). The van der Waals surface area contributed by atoms with E-state index in [4.69, 9.17) is 9.47 Å². The fraction of sp³-hybridized carbons (Fsp3) is 0.500. The fourth-order valence-corrected chi connectivity index (χ4v) is 8.91. The molecule has 2 amide bonds. The number of sulfonamides is 1. The lowest BCUT2D eigenvalue weighted by molar-refractivity contribution is -0.149. The van der Waals surface area contributed by atoms with Gasteiger partial charge >= 0.3 is 6.09 Å². The molecule has 13 heteroatoms. The smallest absolute Gasteiger partial charge is 0.407 e. The van der Waals surface area contributed by atoms with E-state index < -0.39 is 57.2 Å². The summed E-state index contributed by atoms with van der Waals surface area (Å²) in [7, 11) is -4.62. The van der Waals surface area contributed by atoms with Crippen LogP contribution in [0, 0.1) is 0 Å². The van der Waals surface area contributed by atoms with E-state index >= 15 is 8.78 Å². The van der Waals surface area contributed by atoms with Gasteiger partial charge in [0.05, 0.1) is 11.0 Å². The minimum absolute atomic E-state index is 0.157. The Morgan fingerprint density at radius 2 is 1.57 bits per heavy atom. The number of ether oxygens (including phenoxy) is 2. The molecule has 3 atom stereocenters. The molecular formula is C36H42BrF2N3O6S. The van der Waals surface area contributed by atoms with Crippen LogP contribution in [0.4, 0.5) is 13.6 Å². The molecule has 2 bridgehead atoms. The summed E-state index contributed by atoms with van der Waals surface area (Å²) in [4.78, 5) is 27.9. The second-order valence-corrected chi connectivity index (χ2v) is 17.0. The molecule has 264 valence electrons. The Hall–Kier alpha value is -3.29. The van der Waals surface area contributed by atoms with E-state index in [1.54, 1.807) is 45.0 Å². The number of alkyl carbamates (subject to hydrolysis) is 1. The molecule has 3 aromatic rings. The molecule has 49 heavy (non-hydrogen) atoms. The molecule has 9 nitrogen and oxygen atoms in total. The van der Waals surface area contributed by atoms with Gasteiger partial charge in [-0.3, -0.25) is 4.79 Å². The van der Waals surface area contributed by atoms with Gasteiger partial charge in [0.25, 0.3) is 5.92 Å². The lowest BCUT2D eigenvalue weighted by Gasteiger charge is -2.42. The van der Waals surface area contributed by atoms with Crippen LogP contribution in [0.15, 0.2) is 70.0 Å². The van der Waals surface area contributed by atoms with E-state index in [0.717, 1.165) is 31.1 Å². The molecule has 2 saturated heterocycles. The standard InChI is InChI=1S/C36H42BrF2N3O6S/c1-35(2,3)48-34(44)40-26-20-27-13-14-28(21-26)42(27)33(43)32(36(38,39)24-7-6-8-25(37)19-24)41-49(45,46)31-16-12-22-17-30(15-11-23(22)18-31)47-29-9-4-5-10-29/h6-8,11-12,15-19,26-29,32,41H,4-5,9-10,13-14,20-21H2,1-3H3,(H,40,44). The lowest BCUT2D eigenvalue weighted by atomic mass is 9.94. The second-order valence-electron chi connectivity index (χ2n) is 14.3. The number of fused-ring (bicyclic) bond motifs is 3. The van der Waals surface area contributed by atoms with Crippen molar-refractivity contribution in [2.24, 2.45) is 0 Å². The minimum atomic E-state index is -4.62. The summed E-state index contributed by atoms with van der Waals surface area (Å²) in [6.45, 7) is 5.26. The van der Waals surface area contributed by atoms with Crippen LogP contribution in [0.2, 0.25) is 0 Å². The Balaban J connectivity index is 1.26. The zero-order valence-electron chi connectivity index (χ0n) is 27.8. The molecule has 3 fully saturated rings. The largest absolute Gasteiger partial charge is 0.490 e. The van der Waals surface area contributed by atoms with Crippen LogP contribution < -0.4 is 14.8 Å². The van der Waals surface area contributed by atoms with Crippen molar-refractivity contribution >= 4 is 48.7 Å². The summed E-state index contributed by atoms with van der Waals surface area (Å²) < 4.78 is 74.7. The third-order valence-corrected chi connectivity index (χ3v) is 11.4. The van der Waals surface area contributed by atoms with Crippen LogP contribution in [-0.4, -0.2) is 61.2 Å². The van der Waals surface area contributed by atoms with E-state index in [-0.39, 0.29) is 17.0 Å². The van der Waals surface area contributed by atoms with E-state index in [9.17, 15) is 18.0 Å². The zero-order valence-corrected chi connectivity index (χ0v) is 30.2. The van der Waals surface area contributed by atoms with E-state index in [1.807, 2.05) is 6.07 Å². The Labute approximate surface area is 294 Å². The number of alkyl halides is 2. The number of benzene rings is 3. The summed E-state index contributed by atoms with van der Waals surface area (Å²) in [5.74, 6) is -4.24. The zero-order chi connectivity index (χ0) is 35.1. The molecule has 0 spiro atoms. The highest BCUT2D eigenvalue weighted by molar-refractivity contribution is 9.10. The highest BCUT2D eigenvalue weighted by Crippen LogP contribution is 2.41. The number of carbonyl (C=O) groups excluding carboxylic acids is 2. The van der Waals surface area contributed by atoms with Crippen LogP contribution in [0.25, 0.3) is 10.8 Å². The van der Waals surface area contributed by atoms with Crippen molar-refractivity contribution in [3.8, 4) is 5.75 Å². The molecular weight excluding hydrogens is 720 g/mol. The van der Waals surface area contributed by atoms with Crippen molar-refractivity contribution in [1.82, 2.24) is 14.9 Å². The molecule has 3 unspecified atom stereocenters. The molecule has 2 aliphatic heterocycles. The van der Waals surface area contributed by atoms with Gasteiger partial charge in [-0.1, -0.05) is 40.2 Å². The van der Waals surface area contributed by atoms with Crippen LogP contribution in [0.1, 0.15) is 77.7 Å². The van der Waals surface area contributed by atoms with Gasteiger partial charge in [-0.25, -0.2) is 13.2 Å². The first-order valence-electron chi connectivity index (χ1n) is 16.8. The van der Waals surface area contributed by atoms with Crippen LogP contribution in [0.3, 0.4) is 0 Å². The summed E-state index contributed by atoms with van der Waals surface area (Å²) in [6.07, 6.45) is 5.57. The number of hydrogen-bond acceptors (Lipinski definition) is 6. The average Bonchev–Trinajstić information content (AvgIpc) is 3.63. The number of piperidine rings is 1. The first-order valence-corrected chi connectivity index (χ1v) is 19.0. The number of nitrogens with one attached hydrogen (secondary N) is 2. The van der Waals surface area contributed by atoms with Crippen LogP contribution in [0.5, 0.6) is 5.75 Å². The maximum absolute atomic E-state index is 16.5. The quantitative estimate of drug-likeness (QED) is 0.235. The summed E-state index contributed by atoms with van der Waals surface area (Å²) in [5.41, 5.74) is -1.20. The second kappa shape index (κ2) is 13.8. The number of carbonyl (C=O) groups is 2. The maximum atomic E-state index is 16.5. The van der Waals surface area contributed by atoms with Gasteiger partial charge in [-0.05, 0) is 119 Å². The normalized spacial score (nSPS) is 22.2. The van der Waals surface area contributed by atoms with Gasteiger partial charge in [-0.15, -0.1) is 0 Å². The van der Waals surface area contributed by atoms with Crippen LogP contribution >= 0.6 is 15.9 Å². The summed E-state index contributed by atoms with van der Waals surface area (Å²) in [5, 5.41) is 4.17. The van der Waals surface area contributed by atoms with Crippen molar-refractivity contribution in [3.05, 3.63) is 70.7 Å². The number of nitrogens with zero attached hydrogens (tertiary/aromatic N) is 1. The Morgan fingerprint density at radius 1 is 0.918 bits per heavy atom. The van der Waals surface area contributed by atoms with Crippen molar-refractivity contribution in [1.29, 1.82) is 0 Å². The van der Waals surface area contributed by atoms with E-state index in [0.29, 0.717) is 41.3 Å². The van der Waals surface area contributed by atoms with Crippen molar-refractivity contribution in [2.75, 3.05) is 0 Å². The maximum Gasteiger partial charge on any atom is 0.407 e. The van der Waals surface area contributed by atoms with E-state index in [1.165, 1.54) is 35.2 Å². The SMILES string of the molecule is CC(C)(C)OC(=O)NC1CC2CCC(C1)N2C(=O)C(NS(=O)(=O)c1ccc2cc(OC3CCCC3)ccc2c1)C(F)(F)c1cccc(Br)c1. The molecule has 1 saturated carbocycles. The van der Waals surface area contributed by atoms with E-state index in [2.05, 4.69) is 26.0 Å². The van der Waals surface area contributed by atoms with Crippen molar-refractivity contribution < 1.29 is 36.3 Å². The van der Waals surface area contributed by atoms with Gasteiger partial charge in [0.2, 0.25) is 15.9 Å². The van der Waals surface area contributed by atoms with Crippen molar-refractivity contribution in [3.63, 3.8) is 0 Å². The Kier molecular flexibility index (Phi) is 10.00. The molecule has 3 aromatic carbocycles. The molecule has 3 aliphatic rings. The molecule has 2 N–H and O–H groups in total. The first kappa shape index (κ1) is 35.5. The third kappa shape index (κ3) is 8.04. The Bertz CT molecular complexity index is 1810. The molecule has 1 aliphatic carbocycles. The predicted molar refractivity (Wildman–Crippen MR) is 185 cm³/mol. The number of rotatable bonds is 9.